The summed E-state index contributed by atoms with van der Waals surface area (Å²) in [6.07, 6.45) is 0. The van der Waals surface area contributed by atoms with Crippen LogP contribution in [0.2, 0.25) is 0 Å². The second kappa shape index (κ2) is 9.10. The first-order valence-corrected chi connectivity index (χ1v) is 8.95. The van der Waals surface area contributed by atoms with E-state index in [0.717, 1.165) is 16.7 Å². The van der Waals surface area contributed by atoms with Gasteiger partial charge in [-0.25, -0.2) is 4.39 Å². The third-order valence-corrected chi connectivity index (χ3v) is 4.47. The van der Waals surface area contributed by atoms with Gasteiger partial charge in [-0.2, -0.15) is 0 Å². The molecule has 0 spiro atoms. The molecule has 0 aliphatic carbocycles. The van der Waals surface area contributed by atoms with Crippen LogP contribution in [0.15, 0.2) is 84.9 Å². The molecule has 1 N–H and O–H groups in total. The molecule has 3 aromatic rings. The summed E-state index contributed by atoms with van der Waals surface area (Å²) in [6, 6.07) is 26.4. The van der Waals surface area contributed by atoms with Gasteiger partial charge in [0.15, 0.2) is 0 Å². The summed E-state index contributed by atoms with van der Waals surface area (Å²) < 4.78 is 13.0. The van der Waals surface area contributed by atoms with Crippen LogP contribution in [0, 0.1) is 5.82 Å². The molecule has 4 heteroatoms. The number of hydrogen-bond acceptors (Lipinski definition) is 2. The van der Waals surface area contributed by atoms with E-state index in [1.54, 1.807) is 12.1 Å². The number of carbonyl (C=O) groups is 1. The molecular formula is C23H23FN2O. The van der Waals surface area contributed by atoms with E-state index in [0.29, 0.717) is 6.54 Å². The highest BCUT2D eigenvalue weighted by Crippen LogP contribution is 2.27. The van der Waals surface area contributed by atoms with Crippen molar-refractivity contribution in [2.45, 2.75) is 12.6 Å². The molecule has 138 valence electrons. The van der Waals surface area contributed by atoms with Gasteiger partial charge in [0.05, 0.1) is 12.6 Å². The number of carbonyl (C=O) groups excluding carboxylic acids is 1. The molecule has 0 fully saturated rings. The minimum absolute atomic E-state index is 0.0102. The first kappa shape index (κ1) is 18.8. The van der Waals surface area contributed by atoms with Crippen LogP contribution >= 0.6 is 0 Å². The molecule has 0 saturated heterocycles. The zero-order valence-corrected chi connectivity index (χ0v) is 15.3. The first-order chi connectivity index (χ1) is 13.1. The summed E-state index contributed by atoms with van der Waals surface area (Å²) in [7, 11) is 1.95. The third-order valence-electron chi connectivity index (χ3n) is 4.47. The maximum absolute atomic E-state index is 13.0. The molecule has 0 bridgehead atoms. The minimum atomic E-state index is -0.279. The molecule has 0 aliphatic heterocycles. The first-order valence-electron chi connectivity index (χ1n) is 8.95. The van der Waals surface area contributed by atoms with Gasteiger partial charge in [-0.3, -0.25) is 9.69 Å². The van der Waals surface area contributed by atoms with Crippen LogP contribution in [-0.4, -0.2) is 24.4 Å². The maximum Gasteiger partial charge on any atom is 0.234 e. The van der Waals surface area contributed by atoms with Gasteiger partial charge in [0, 0.05) is 6.54 Å². The number of halogens is 1. The predicted octanol–water partition coefficient (Wildman–Crippen LogP) is 4.16. The molecule has 0 saturated carbocycles. The predicted molar refractivity (Wildman–Crippen MR) is 106 cm³/mol. The fourth-order valence-electron chi connectivity index (χ4n) is 3.15. The van der Waals surface area contributed by atoms with Gasteiger partial charge in [-0.1, -0.05) is 72.8 Å². The summed E-state index contributed by atoms with van der Waals surface area (Å²) in [4.78, 5) is 14.5. The van der Waals surface area contributed by atoms with E-state index in [-0.39, 0.29) is 24.3 Å². The summed E-state index contributed by atoms with van der Waals surface area (Å²) in [5.74, 6) is -0.350. The SMILES string of the molecule is CN(CC(=O)NCc1ccc(F)cc1)C(c1ccccc1)c1ccccc1. The summed E-state index contributed by atoms with van der Waals surface area (Å²) in [5, 5.41) is 2.90. The number of nitrogens with zero attached hydrogens (tertiary/aromatic N) is 1. The van der Waals surface area contributed by atoms with Gasteiger partial charge >= 0.3 is 0 Å². The zero-order chi connectivity index (χ0) is 19.1. The van der Waals surface area contributed by atoms with Crippen LogP contribution in [0.3, 0.4) is 0 Å². The van der Waals surface area contributed by atoms with E-state index >= 15 is 0 Å². The second-order valence-electron chi connectivity index (χ2n) is 6.54. The molecular weight excluding hydrogens is 339 g/mol. The number of hydrogen-bond donors (Lipinski definition) is 1. The topological polar surface area (TPSA) is 32.3 Å². The van der Waals surface area contributed by atoms with E-state index in [4.69, 9.17) is 0 Å². The van der Waals surface area contributed by atoms with E-state index in [9.17, 15) is 9.18 Å². The lowest BCUT2D eigenvalue weighted by atomic mass is 9.97. The van der Waals surface area contributed by atoms with Crippen LogP contribution in [0.1, 0.15) is 22.7 Å². The highest BCUT2D eigenvalue weighted by Gasteiger charge is 2.20. The average Bonchev–Trinajstić information content (AvgIpc) is 2.69. The second-order valence-corrected chi connectivity index (χ2v) is 6.54. The molecule has 27 heavy (non-hydrogen) atoms. The largest absolute Gasteiger partial charge is 0.351 e. The fourth-order valence-corrected chi connectivity index (χ4v) is 3.15. The van der Waals surface area contributed by atoms with Crippen molar-refractivity contribution in [3.05, 3.63) is 107 Å². The smallest absolute Gasteiger partial charge is 0.234 e. The van der Waals surface area contributed by atoms with E-state index in [2.05, 4.69) is 29.6 Å². The lowest BCUT2D eigenvalue weighted by Crippen LogP contribution is -2.37. The van der Waals surface area contributed by atoms with Crippen molar-refractivity contribution < 1.29 is 9.18 Å². The Hall–Kier alpha value is -2.98. The molecule has 0 unspecified atom stereocenters. The van der Waals surface area contributed by atoms with Gasteiger partial charge in [0.2, 0.25) is 5.91 Å². The summed E-state index contributed by atoms with van der Waals surface area (Å²) >= 11 is 0. The number of amides is 1. The molecule has 3 nitrogen and oxygen atoms in total. The van der Waals surface area contributed by atoms with E-state index in [1.165, 1.54) is 12.1 Å². The fraction of sp³-hybridized carbons (Fsp3) is 0.174. The lowest BCUT2D eigenvalue weighted by Gasteiger charge is -2.28. The standard InChI is InChI=1S/C23H23FN2O/c1-26(17-22(27)25-16-18-12-14-21(24)15-13-18)23(19-8-4-2-5-9-19)20-10-6-3-7-11-20/h2-15,23H,16-17H2,1H3,(H,25,27). The highest BCUT2D eigenvalue weighted by atomic mass is 19.1. The Kier molecular flexibility index (Phi) is 6.34. The normalized spacial score (nSPS) is 11.0. The van der Waals surface area contributed by atoms with Crippen molar-refractivity contribution in [3.63, 3.8) is 0 Å². The van der Waals surface area contributed by atoms with Gasteiger partial charge < -0.3 is 5.32 Å². The quantitative estimate of drug-likeness (QED) is 0.684. The van der Waals surface area contributed by atoms with Crippen LogP contribution in [0.5, 0.6) is 0 Å². The summed E-state index contributed by atoms with van der Waals surface area (Å²) in [5.41, 5.74) is 3.14. The van der Waals surface area contributed by atoms with Crippen molar-refractivity contribution >= 4 is 5.91 Å². The molecule has 3 aromatic carbocycles. The van der Waals surface area contributed by atoms with E-state index in [1.807, 2.05) is 48.3 Å². The molecule has 0 heterocycles. The van der Waals surface area contributed by atoms with Gasteiger partial charge in [0.1, 0.15) is 5.82 Å². The van der Waals surface area contributed by atoms with Crippen LogP contribution in [-0.2, 0) is 11.3 Å². The maximum atomic E-state index is 13.0. The Morgan fingerprint density at radius 1 is 0.889 bits per heavy atom. The lowest BCUT2D eigenvalue weighted by molar-refractivity contribution is -0.122. The molecule has 3 rings (SSSR count). The Bertz CT molecular complexity index is 811. The Labute approximate surface area is 159 Å². The van der Waals surface area contributed by atoms with Gasteiger partial charge in [0.25, 0.3) is 0 Å². The van der Waals surface area contributed by atoms with Crippen LogP contribution < -0.4 is 5.32 Å². The van der Waals surface area contributed by atoms with Gasteiger partial charge in [-0.05, 0) is 35.9 Å². The Balaban J connectivity index is 1.68. The molecule has 1 amide bonds. The van der Waals surface area contributed by atoms with Crippen molar-refractivity contribution in [2.24, 2.45) is 0 Å². The van der Waals surface area contributed by atoms with Crippen LogP contribution in [0.4, 0.5) is 4.39 Å². The molecule has 0 radical (unpaired) electrons. The van der Waals surface area contributed by atoms with Crippen molar-refractivity contribution in [1.29, 1.82) is 0 Å². The summed E-state index contributed by atoms with van der Waals surface area (Å²) in [6.45, 7) is 0.643. The van der Waals surface area contributed by atoms with Crippen LogP contribution in [0.25, 0.3) is 0 Å². The Morgan fingerprint density at radius 2 is 1.41 bits per heavy atom. The minimum Gasteiger partial charge on any atom is -0.351 e. The van der Waals surface area contributed by atoms with Gasteiger partial charge in [-0.15, -0.1) is 0 Å². The molecule has 0 aliphatic rings. The zero-order valence-electron chi connectivity index (χ0n) is 15.3. The number of nitrogens with one attached hydrogen (secondary N) is 1. The van der Waals surface area contributed by atoms with Crippen molar-refractivity contribution in [2.75, 3.05) is 13.6 Å². The monoisotopic (exact) mass is 362 g/mol. The molecule has 0 aromatic heterocycles. The van der Waals surface area contributed by atoms with Crippen molar-refractivity contribution in [3.8, 4) is 0 Å². The Morgan fingerprint density at radius 3 is 1.93 bits per heavy atom. The van der Waals surface area contributed by atoms with Crippen molar-refractivity contribution in [1.82, 2.24) is 10.2 Å². The number of benzene rings is 3. The van der Waals surface area contributed by atoms with E-state index < -0.39 is 0 Å². The molecule has 0 atom stereocenters. The highest BCUT2D eigenvalue weighted by molar-refractivity contribution is 5.78. The number of likely N-dealkylation sites (N-methyl/N-ethyl adjacent to an activating group) is 1. The average molecular weight is 362 g/mol. The number of rotatable bonds is 7. The third kappa shape index (κ3) is 5.25.